The predicted molar refractivity (Wildman–Crippen MR) is 120 cm³/mol. The highest BCUT2D eigenvalue weighted by Gasteiger charge is 2.24. The van der Waals surface area contributed by atoms with Crippen LogP contribution >= 0.6 is 0 Å². The molecule has 0 radical (unpaired) electrons. The molecule has 166 valence electrons. The van der Waals surface area contributed by atoms with E-state index in [-0.39, 0.29) is 17.0 Å². The molecule has 2 amide bonds. The standard InChI is InChI=1S/C22H22N4O5S/c1-26(19-7-3-4-8-20(19)31-2)32(29,30)18-11-9-16(10-12-18)22(28)24-15-21(27)25-17-6-5-13-23-14-17/h3-14H,15H2,1-2H3,(H,24,28)(H,25,27). The molecule has 0 atom stereocenters. The van der Waals surface area contributed by atoms with Crippen LogP contribution in [0.2, 0.25) is 0 Å². The highest BCUT2D eigenvalue weighted by atomic mass is 32.2. The molecule has 0 fully saturated rings. The molecule has 32 heavy (non-hydrogen) atoms. The first-order valence-electron chi connectivity index (χ1n) is 9.53. The highest BCUT2D eigenvalue weighted by molar-refractivity contribution is 7.92. The summed E-state index contributed by atoms with van der Waals surface area (Å²) in [5.74, 6) is -0.503. The van der Waals surface area contributed by atoms with E-state index >= 15 is 0 Å². The molecule has 0 bridgehead atoms. The third-order valence-electron chi connectivity index (χ3n) is 4.55. The number of aromatic nitrogens is 1. The van der Waals surface area contributed by atoms with Gasteiger partial charge in [0, 0.05) is 18.8 Å². The van der Waals surface area contributed by atoms with E-state index in [2.05, 4.69) is 15.6 Å². The molecule has 0 aliphatic rings. The van der Waals surface area contributed by atoms with Gasteiger partial charge in [0.25, 0.3) is 15.9 Å². The Kier molecular flexibility index (Phi) is 7.06. The maximum Gasteiger partial charge on any atom is 0.264 e. The maximum atomic E-state index is 13.0. The van der Waals surface area contributed by atoms with Gasteiger partial charge >= 0.3 is 0 Å². The van der Waals surface area contributed by atoms with Crippen molar-refractivity contribution in [3.63, 3.8) is 0 Å². The summed E-state index contributed by atoms with van der Waals surface area (Å²) in [5.41, 5.74) is 1.12. The summed E-state index contributed by atoms with van der Waals surface area (Å²) in [6, 6.07) is 15.6. The zero-order chi connectivity index (χ0) is 23.1. The van der Waals surface area contributed by atoms with E-state index in [1.165, 1.54) is 44.6 Å². The van der Waals surface area contributed by atoms with E-state index in [4.69, 9.17) is 4.74 Å². The van der Waals surface area contributed by atoms with Crippen molar-refractivity contribution in [2.75, 3.05) is 30.3 Å². The molecule has 1 heterocycles. The first-order chi connectivity index (χ1) is 15.3. The summed E-state index contributed by atoms with van der Waals surface area (Å²) in [4.78, 5) is 28.2. The van der Waals surface area contributed by atoms with Crippen molar-refractivity contribution in [3.05, 3.63) is 78.6 Å². The van der Waals surface area contributed by atoms with Crippen LogP contribution in [0.5, 0.6) is 5.75 Å². The second kappa shape index (κ2) is 9.92. The average molecular weight is 455 g/mol. The van der Waals surface area contributed by atoms with Crippen molar-refractivity contribution in [1.82, 2.24) is 10.3 Å². The van der Waals surface area contributed by atoms with Crippen LogP contribution in [-0.2, 0) is 14.8 Å². The van der Waals surface area contributed by atoms with E-state index in [0.29, 0.717) is 17.1 Å². The molecule has 1 aromatic heterocycles. The number of carbonyl (C=O) groups is 2. The van der Waals surface area contributed by atoms with Crippen LogP contribution in [0.15, 0.2) is 78.0 Å². The number of pyridine rings is 1. The van der Waals surface area contributed by atoms with Gasteiger partial charge < -0.3 is 15.4 Å². The Hall–Kier alpha value is -3.92. The Labute approximate surface area is 186 Å². The molecular weight excluding hydrogens is 432 g/mol. The number of rotatable bonds is 8. The van der Waals surface area contributed by atoms with Crippen molar-refractivity contribution in [1.29, 1.82) is 0 Å². The molecule has 3 aromatic rings. The molecule has 0 unspecified atom stereocenters. The lowest BCUT2D eigenvalue weighted by Gasteiger charge is -2.21. The second-order valence-electron chi connectivity index (χ2n) is 6.64. The topological polar surface area (TPSA) is 118 Å². The van der Waals surface area contributed by atoms with E-state index in [0.717, 1.165) is 4.31 Å². The highest BCUT2D eigenvalue weighted by Crippen LogP contribution is 2.30. The van der Waals surface area contributed by atoms with Crippen molar-refractivity contribution in [2.45, 2.75) is 4.90 Å². The van der Waals surface area contributed by atoms with Crippen LogP contribution in [0, 0.1) is 0 Å². The van der Waals surface area contributed by atoms with Crippen molar-refractivity contribution < 1.29 is 22.7 Å². The van der Waals surface area contributed by atoms with Crippen LogP contribution in [0.4, 0.5) is 11.4 Å². The van der Waals surface area contributed by atoms with Crippen LogP contribution in [0.25, 0.3) is 0 Å². The van der Waals surface area contributed by atoms with Gasteiger partial charge in [-0.05, 0) is 48.5 Å². The number of methoxy groups -OCH3 is 1. The lowest BCUT2D eigenvalue weighted by Crippen LogP contribution is -2.33. The number of ether oxygens (including phenoxy) is 1. The van der Waals surface area contributed by atoms with Gasteiger partial charge in [-0.3, -0.25) is 18.9 Å². The molecule has 0 saturated carbocycles. The lowest BCUT2D eigenvalue weighted by molar-refractivity contribution is -0.115. The molecule has 0 saturated heterocycles. The summed E-state index contributed by atoms with van der Waals surface area (Å²) in [6.45, 7) is -0.246. The molecule has 2 N–H and O–H groups in total. The molecule has 0 spiro atoms. The number of hydrogen-bond acceptors (Lipinski definition) is 6. The molecule has 0 aliphatic carbocycles. The number of benzene rings is 2. The van der Waals surface area contributed by atoms with Crippen LogP contribution in [-0.4, -0.2) is 45.9 Å². The third-order valence-corrected chi connectivity index (χ3v) is 6.34. The summed E-state index contributed by atoms with van der Waals surface area (Å²) in [5, 5.41) is 5.10. The maximum absolute atomic E-state index is 13.0. The predicted octanol–water partition coefficient (Wildman–Crippen LogP) is 2.28. The normalized spacial score (nSPS) is 10.8. The minimum absolute atomic E-state index is 0.0109. The Balaban J connectivity index is 1.65. The summed E-state index contributed by atoms with van der Waals surface area (Å²) in [6.07, 6.45) is 3.07. The number of carbonyl (C=O) groups excluding carboxylic acids is 2. The minimum Gasteiger partial charge on any atom is -0.495 e. The molecule has 3 rings (SSSR count). The van der Waals surface area contributed by atoms with Gasteiger partial charge in [-0.2, -0.15) is 0 Å². The summed E-state index contributed by atoms with van der Waals surface area (Å²) < 4.78 is 32.3. The monoisotopic (exact) mass is 454 g/mol. The zero-order valence-electron chi connectivity index (χ0n) is 17.5. The van der Waals surface area contributed by atoms with Crippen LogP contribution in [0.3, 0.4) is 0 Å². The number of hydrogen-bond donors (Lipinski definition) is 2. The van der Waals surface area contributed by atoms with Crippen molar-refractivity contribution >= 4 is 33.2 Å². The number of nitrogens with zero attached hydrogens (tertiary/aromatic N) is 2. The number of nitrogens with one attached hydrogen (secondary N) is 2. The number of anilines is 2. The molecule has 0 aliphatic heterocycles. The molecule has 10 heteroatoms. The van der Waals surface area contributed by atoms with E-state index in [1.807, 2.05) is 0 Å². The Morgan fingerprint density at radius 1 is 1.03 bits per heavy atom. The van der Waals surface area contributed by atoms with Crippen LogP contribution in [0.1, 0.15) is 10.4 Å². The Morgan fingerprint density at radius 3 is 2.41 bits per heavy atom. The van der Waals surface area contributed by atoms with Gasteiger partial charge in [0.1, 0.15) is 5.75 Å². The van der Waals surface area contributed by atoms with Gasteiger partial charge in [0.2, 0.25) is 5.91 Å². The third kappa shape index (κ3) is 5.22. The summed E-state index contributed by atoms with van der Waals surface area (Å²) >= 11 is 0. The average Bonchev–Trinajstić information content (AvgIpc) is 2.82. The van der Waals surface area contributed by atoms with Gasteiger partial charge in [-0.1, -0.05) is 12.1 Å². The Morgan fingerprint density at radius 2 is 1.75 bits per heavy atom. The van der Waals surface area contributed by atoms with Crippen molar-refractivity contribution in [2.24, 2.45) is 0 Å². The van der Waals surface area contributed by atoms with Gasteiger partial charge in [-0.25, -0.2) is 8.42 Å². The van der Waals surface area contributed by atoms with E-state index in [9.17, 15) is 18.0 Å². The lowest BCUT2D eigenvalue weighted by atomic mass is 10.2. The van der Waals surface area contributed by atoms with Crippen LogP contribution < -0.4 is 19.7 Å². The number of para-hydroxylation sites is 2. The quantitative estimate of drug-likeness (QED) is 0.539. The fourth-order valence-electron chi connectivity index (χ4n) is 2.86. The smallest absolute Gasteiger partial charge is 0.264 e. The van der Waals surface area contributed by atoms with Gasteiger partial charge in [0.05, 0.1) is 36.1 Å². The molecular formula is C22H22N4O5S. The number of sulfonamides is 1. The van der Waals surface area contributed by atoms with Crippen molar-refractivity contribution in [3.8, 4) is 5.75 Å². The van der Waals surface area contributed by atoms with Gasteiger partial charge in [-0.15, -0.1) is 0 Å². The fourth-order valence-corrected chi connectivity index (χ4v) is 4.07. The molecule has 2 aromatic carbocycles. The SMILES string of the molecule is COc1ccccc1N(C)S(=O)(=O)c1ccc(C(=O)NCC(=O)Nc2cccnc2)cc1. The first kappa shape index (κ1) is 22.8. The second-order valence-corrected chi connectivity index (χ2v) is 8.61. The largest absolute Gasteiger partial charge is 0.495 e. The Bertz CT molecular complexity index is 1200. The first-order valence-corrected chi connectivity index (χ1v) is 11.0. The zero-order valence-corrected chi connectivity index (χ0v) is 18.3. The fraction of sp³-hybridized carbons (Fsp3) is 0.136. The van der Waals surface area contributed by atoms with E-state index in [1.54, 1.807) is 42.6 Å². The van der Waals surface area contributed by atoms with E-state index < -0.39 is 21.8 Å². The number of amides is 2. The summed E-state index contributed by atoms with van der Waals surface area (Å²) in [7, 11) is -0.989. The minimum atomic E-state index is -3.88. The molecule has 9 nitrogen and oxygen atoms in total. The van der Waals surface area contributed by atoms with Gasteiger partial charge in [0.15, 0.2) is 0 Å².